The van der Waals surface area contributed by atoms with E-state index in [0.717, 1.165) is 10.9 Å². The summed E-state index contributed by atoms with van der Waals surface area (Å²) in [7, 11) is 1.93. The maximum absolute atomic E-state index is 11.9. The van der Waals surface area contributed by atoms with Gasteiger partial charge < -0.3 is 5.32 Å². The van der Waals surface area contributed by atoms with E-state index in [1.165, 1.54) is 15.3 Å². The van der Waals surface area contributed by atoms with Gasteiger partial charge in [-0.3, -0.25) is 9.69 Å². The van der Waals surface area contributed by atoms with Crippen molar-refractivity contribution in [2.45, 2.75) is 20.0 Å². The Labute approximate surface area is 132 Å². The Bertz CT molecular complexity index is 579. The van der Waals surface area contributed by atoms with Gasteiger partial charge in [0, 0.05) is 16.3 Å². The molecule has 0 aromatic carbocycles. The Balaban J connectivity index is 1.75. The van der Waals surface area contributed by atoms with E-state index in [1.807, 2.05) is 29.5 Å². The van der Waals surface area contributed by atoms with Crippen LogP contribution in [0.4, 0.5) is 0 Å². The Kier molecular flexibility index (Phi) is 5.60. The number of thiophene rings is 2. The Hall–Kier alpha value is -0.880. The molecule has 0 radical (unpaired) electrons. The molecule has 20 heavy (non-hydrogen) atoms. The van der Waals surface area contributed by atoms with Crippen molar-refractivity contribution in [1.82, 2.24) is 10.2 Å². The number of amides is 1. The minimum atomic E-state index is 0.0444. The molecule has 2 aromatic heterocycles. The lowest BCUT2D eigenvalue weighted by atomic mass is 10.3. The third-order valence-corrected chi connectivity index (χ3v) is 5.12. The fraction of sp³-hybridized carbons (Fsp3) is 0.357. The van der Waals surface area contributed by atoms with Gasteiger partial charge in [0.2, 0.25) is 5.91 Å². The van der Waals surface area contributed by atoms with Crippen molar-refractivity contribution >= 4 is 40.2 Å². The van der Waals surface area contributed by atoms with Gasteiger partial charge in [-0.2, -0.15) is 0 Å². The second-order valence-electron chi connectivity index (χ2n) is 4.68. The molecule has 2 rings (SSSR count). The van der Waals surface area contributed by atoms with Gasteiger partial charge in [0.05, 0.1) is 17.4 Å². The summed E-state index contributed by atoms with van der Waals surface area (Å²) in [6, 6.07) is 5.95. The summed E-state index contributed by atoms with van der Waals surface area (Å²) < 4.78 is 0.783. The number of nitrogens with zero attached hydrogens (tertiary/aromatic N) is 1. The van der Waals surface area contributed by atoms with Gasteiger partial charge in [-0.1, -0.05) is 11.6 Å². The topological polar surface area (TPSA) is 32.3 Å². The van der Waals surface area contributed by atoms with Crippen LogP contribution in [0.1, 0.15) is 15.3 Å². The predicted molar refractivity (Wildman–Crippen MR) is 86.6 cm³/mol. The zero-order valence-corrected chi connectivity index (χ0v) is 13.9. The monoisotopic (exact) mass is 328 g/mol. The molecule has 6 heteroatoms. The highest BCUT2D eigenvalue weighted by atomic mass is 35.5. The quantitative estimate of drug-likeness (QED) is 0.880. The van der Waals surface area contributed by atoms with E-state index < -0.39 is 0 Å². The van der Waals surface area contributed by atoms with E-state index in [4.69, 9.17) is 11.6 Å². The molecule has 0 fully saturated rings. The molecule has 0 bridgehead atoms. The molecule has 0 unspecified atom stereocenters. The van der Waals surface area contributed by atoms with Crippen LogP contribution in [0, 0.1) is 6.92 Å². The van der Waals surface area contributed by atoms with Crippen molar-refractivity contribution < 1.29 is 4.79 Å². The van der Waals surface area contributed by atoms with Crippen molar-refractivity contribution in [3.8, 4) is 0 Å². The van der Waals surface area contributed by atoms with Crippen LogP contribution in [-0.4, -0.2) is 24.4 Å². The predicted octanol–water partition coefficient (Wildman–Crippen LogP) is 3.52. The second-order valence-corrected chi connectivity index (χ2v) is 7.48. The zero-order valence-electron chi connectivity index (χ0n) is 11.5. The summed E-state index contributed by atoms with van der Waals surface area (Å²) >= 11 is 9.12. The van der Waals surface area contributed by atoms with Crippen LogP contribution in [0.5, 0.6) is 0 Å². The lowest BCUT2D eigenvalue weighted by molar-refractivity contribution is -0.122. The maximum atomic E-state index is 11.9. The highest BCUT2D eigenvalue weighted by Gasteiger charge is 2.09. The number of halogens is 1. The standard InChI is InChI=1S/C14H17ClN2OS2/c1-10-5-6-19-12(10)7-16-14(18)9-17(2)8-11-3-4-13(15)20-11/h3-6H,7-9H2,1-2H3,(H,16,18). The summed E-state index contributed by atoms with van der Waals surface area (Å²) in [6.45, 7) is 3.80. The van der Waals surface area contributed by atoms with E-state index >= 15 is 0 Å². The molecule has 0 aliphatic heterocycles. The van der Waals surface area contributed by atoms with Gasteiger partial charge in [-0.25, -0.2) is 0 Å². The van der Waals surface area contributed by atoms with Gasteiger partial charge >= 0.3 is 0 Å². The fourth-order valence-corrected chi connectivity index (χ4v) is 3.84. The van der Waals surface area contributed by atoms with Crippen LogP contribution >= 0.6 is 34.3 Å². The van der Waals surface area contributed by atoms with Crippen LogP contribution in [0.15, 0.2) is 23.6 Å². The maximum Gasteiger partial charge on any atom is 0.234 e. The second kappa shape index (κ2) is 7.22. The first-order valence-corrected chi connectivity index (χ1v) is 8.34. The van der Waals surface area contributed by atoms with Crippen molar-refractivity contribution in [3.05, 3.63) is 43.2 Å². The van der Waals surface area contributed by atoms with Crippen molar-refractivity contribution in [1.29, 1.82) is 0 Å². The van der Waals surface area contributed by atoms with Crippen LogP contribution in [0.3, 0.4) is 0 Å². The summed E-state index contributed by atoms with van der Waals surface area (Å²) in [5.74, 6) is 0.0444. The highest BCUT2D eigenvalue weighted by Crippen LogP contribution is 2.22. The average Bonchev–Trinajstić information content (AvgIpc) is 2.96. The summed E-state index contributed by atoms with van der Waals surface area (Å²) in [5, 5.41) is 5.00. The minimum absolute atomic E-state index is 0.0444. The lowest BCUT2D eigenvalue weighted by Crippen LogP contribution is -2.34. The number of hydrogen-bond donors (Lipinski definition) is 1. The van der Waals surface area contributed by atoms with Gasteiger partial charge in [-0.15, -0.1) is 22.7 Å². The Morgan fingerprint density at radius 1 is 1.40 bits per heavy atom. The summed E-state index contributed by atoms with van der Waals surface area (Å²) in [5.41, 5.74) is 1.23. The first-order valence-electron chi connectivity index (χ1n) is 6.27. The largest absolute Gasteiger partial charge is 0.350 e. The van der Waals surface area contributed by atoms with E-state index in [1.54, 1.807) is 22.7 Å². The summed E-state index contributed by atoms with van der Waals surface area (Å²) in [4.78, 5) is 16.2. The first-order chi connectivity index (χ1) is 9.54. The number of nitrogens with one attached hydrogen (secondary N) is 1. The third-order valence-electron chi connectivity index (χ3n) is 2.88. The van der Waals surface area contributed by atoms with Gasteiger partial charge in [0.15, 0.2) is 0 Å². The third kappa shape index (κ3) is 4.59. The molecule has 0 saturated heterocycles. The molecule has 0 aliphatic carbocycles. The van der Waals surface area contributed by atoms with Crippen LogP contribution < -0.4 is 5.32 Å². The minimum Gasteiger partial charge on any atom is -0.350 e. The van der Waals surface area contributed by atoms with Gasteiger partial charge in [0.1, 0.15) is 0 Å². The molecule has 3 nitrogen and oxygen atoms in total. The molecule has 1 N–H and O–H groups in total. The number of hydrogen-bond acceptors (Lipinski definition) is 4. The SMILES string of the molecule is Cc1ccsc1CNC(=O)CN(C)Cc1ccc(Cl)s1. The van der Waals surface area contributed by atoms with Crippen LogP contribution in [0.2, 0.25) is 4.34 Å². The molecule has 108 valence electrons. The molecule has 0 spiro atoms. The molecule has 2 heterocycles. The molecule has 0 saturated carbocycles. The highest BCUT2D eigenvalue weighted by molar-refractivity contribution is 7.16. The zero-order chi connectivity index (χ0) is 14.5. The number of rotatable bonds is 6. The lowest BCUT2D eigenvalue weighted by Gasteiger charge is -2.15. The Morgan fingerprint density at radius 3 is 2.80 bits per heavy atom. The molecule has 2 aromatic rings. The smallest absolute Gasteiger partial charge is 0.234 e. The van der Waals surface area contributed by atoms with E-state index in [-0.39, 0.29) is 5.91 Å². The molecule has 0 aliphatic rings. The van der Waals surface area contributed by atoms with Crippen LogP contribution in [-0.2, 0) is 17.9 Å². The average molecular weight is 329 g/mol. The van der Waals surface area contributed by atoms with E-state index in [9.17, 15) is 4.79 Å². The van der Waals surface area contributed by atoms with Crippen LogP contribution in [0.25, 0.3) is 0 Å². The summed E-state index contributed by atoms with van der Waals surface area (Å²) in [6.07, 6.45) is 0. The number of carbonyl (C=O) groups is 1. The van der Waals surface area contributed by atoms with E-state index in [2.05, 4.69) is 18.3 Å². The molecular weight excluding hydrogens is 312 g/mol. The normalized spacial score (nSPS) is 11.0. The molecule has 1 amide bonds. The number of likely N-dealkylation sites (N-methyl/N-ethyl adjacent to an activating group) is 1. The van der Waals surface area contributed by atoms with Crippen molar-refractivity contribution in [2.75, 3.05) is 13.6 Å². The number of carbonyl (C=O) groups excluding carboxylic acids is 1. The van der Waals surface area contributed by atoms with Gasteiger partial charge in [0.25, 0.3) is 0 Å². The Morgan fingerprint density at radius 2 is 2.20 bits per heavy atom. The van der Waals surface area contributed by atoms with Crippen molar-refractivity contribution in [3.63, 3.8) is 0 Å². The van der Waals surface area contributed by atoms with Crippen molar-refractivity contribution in [2.24, 2.45) is 0 Å². The molecular formula is C14H17ClN2OS2. The fourth-order valence-electron chi connectivity index (χ4n) is 1.82. The van der Waals surface area contributed by atoms with Gasteiger partial charge in [-0.05, 0) is 43.1 Å². The molecule has 0 atom stereocenters. The number of aryl methyl sites for hydroxylation is 1. The first kappa shape index (κ1) is 15.5. The van der Waals surface area contributed by atoms with E-state index in [0.29, 0.717) is 13.1 Å².